The van der Waals surface area contributed by atoms with E-state index >= 15 is 0 Å². The summed E-state index contributed by atoms with van der Waals surface area (Å²) in [4.78, 5) is 7.24. The molecule has 1 aliphatic rings. The normalized spacial score (nSPS) is 22.4. The summed E-state index contributed by atoms with van der Waals surface area (Å²) in [7, 11) is -2.95. The molecule has 1 aliphatic heterocycles. The fourth-order valence-electron chi connectivity index (χ4n) is 2.13. The minimum Gasteiger partial charge on any atom is -0.359 e. The van der Waals surface area contributed by atoms with E-state index in [1.54, 1.807) is 6.20 Å². The zero-order chi connectivity index (χ0) is 13.3. The third kappa shape index (κ3) is 2.85. The Morgan fingerprint density at radius 2 is 2.37 bits per heavy atom. The number of H-pyrrole nitrogens is 1. The maximum atomic E-state index is 11.5. The Balaban J connectivity index is 1.71. The topological polar surface area (TPSA) is 101 Å². The Kier molecular flexibility index (Phi) is 3.11. The summed E-state index contributed by atoms with van der Waals surface area (Å²) in [6.07, 6.45) is 2.20. The van der Waals surface area contributed by atoms with Crippen molar-refractivity contribution in [3.63, 3.8) is 0 Å². The number of rotatable bonds is 3. The molecule has 8 heteroatoms. The van der Waals surface area contributed by atoms with Crippen molar-refractivity contribution in [2.75, 3.05) is 18.1 Å². The second kappa shape index (κ2) is 4.78. The van der Waals surface area contributed by atoms with Gasteiger partial charge in [0.25, 0.3) is 0 Å². The van der Waals surface area contributed by atoms with Crippen LogP contribution in [0.4, 0.5) is 0 Å². The summed E-state index contributed by atoms with van der Waals surface area (Å²) in [5, 5.41) is 7.02. The Labute approximate surface area is 110 Å². The van der Waals surface area contributed by atoms with Crippen molar-refractivity contribution in [1.82, 2.24) is 20.4 Å². The lowest BCUT2D eigenvalue weighted by molar-refractivity contribution is 0.361. The molecule has 102 valence electrons. The molecule has 19 heavy (non-hydrogen) atoms. The molecular formula is C11H14N4O3S. The fourth-order valence-corrected chi connectivity index (χ4v) is 3.57. The van der Waals surface area contributed by atoms with Gasteiger partial charge >= 0.3 is 0 Å². The number of aromatic amines is 1. The summed E-state index contributed by atoms with van der Waals surface area (Å²) in [5.41, 5.74) is 0.777. The van der Waals surface area contributed by atoms with E-state index in [4.69, 9.17) is 4.52 Å². The number of hydrogen-bond donors (Lipinski definition) is 2. The summed E-state index contributed by atoms with van der Waals surface area (Å²) in [5.74, 6) is 1.24. The first-order chi connectivity index (χ1) is 9.12. The predicted molar refractivity (Wildman–Crippen MR) is 68.2 cm³/mol. The zero-order valence-corrected chi connectivity index (χ0v) is 11.0. The molecule has 1 saturated heterocycles. The van der Waals surface area contributed by atoms with Crippen molar-refractivity contribution < 1.29 is 12.9 Å². The van der Waals surface area contributed by atoms with E-state index in [9.17, 15) is 8.42 Å². The molecule has 2 aromatic heterocycles. The second-order valence-corrected chi connectivity index (χ2v) is 6.79. The zero-order valence-electron chi connectivity index (χ0n) is 10.2. The molecule has 0 aliphatic carbocycles. The van der Waals surface area contributed by atoms with Crippen LogP contribution in [0.25, 0.3) is 11.5 Å². The Bertz CT molecular complexity index is 647. The van der Waals surface area contributed by atoms with Gasteiger partial charge < -0.3 is 14.8 Å². The van der Waals surface area contributed by atoms with Crippen molar-refractivity contribution in [3.8, 4) is 11.5 Å². The van der Waals surface area contributed by atoms with Gasteiger partial charge in [-0.3, -0.25) is 0 Å². The Hall–Kier alpha value is -1.67. The van der Waals surface area contributed by atoms with Gasteiger partial charge in [0.2, 0.25) is 11.7 Å². The van der Waals surface area contributed by atoms with E-state index in [1.807, 2.05) is 12.1 Å². The highest BCUT2D eigenvalue weighted by Gasteiger charge is 2.26. The minimum atomic E-state index is -2.95. The second-order valence-electron chi connectivity index (χ2n) is 4.57. The average molecular weight is 282 g/mol. The molecule has 0 bridgehead atoms. The van der Waals surface area contributed by atoms with Crippen LogP contribution in [0.3, 0.4) is 0 Å². The molecule has 1 unspecified atom stereocenters. The summed E-state index contributed by atoms with van der Waals surface area (Å²) in [6.45, 7) is 0.477. The van der Waals surface area contributed by atoms with Gasteiger partial charge in [0.15, 0.2) is 9.84 Å². The number of nitrogens with one attached hydrogen (secondary N) is 2. The van der Waals surface area contributed by atoms with Gasteiger partial charge in [-0.1, -0.05) is 5.16 Å². The molecule has 0 amide bonds. The van der Waals surface area contributed by atoms with Gasteiger partial charge in [0.05, 0.1) is 17.2 Å². The first-order valence-electron chi connectivity index (χ1n) is 6.02. The molecular weight excluding hydrogens is 268 g/mol. The van der Waals surface area contributed by atoms with Crippen LogP contribution < -0.4 is 5.32 Å². The first kappa shape index (κ1) is 12.4. The first-order valence-corrected chi connectivity index (χ1v) is 7.85. The third-order valence-electron chi connectivity index (χ3n) is 3.03. The summed E-state index contributed by atoms with van der Waals surface area (Å²) in [6, 6.07) is 3.54. The van der Waals surface area contributed by atoms with E-state index in [1.165, 1.54) is 0 Å². The highest BCUT2D eigenvalue weighted by Crippen LogP contribution is 2.14. The van der Waals surface area contributed by atoms with Crippen LogP contribution in [0.15, 0.2) is 22.9 Å². The smallest absolute Gasteiger partial charge is 0.228 e. The molecule has 1 atom stereocenters. The molecule has 3 rings (SSSR count). The van der Waals surface area contributed by atoms with Crippen molar-refractivity contribution in [2.45, 2.75) is 12.5 Å². The number of nitrogens with zero attached hydrogens (tertiary/aromatic N) is 2. The van der Waals surface area contributed by atoms with Gasteiger partial charge in [-0.2, -0.15) is 4.98 Å². The van der Waals surface area contributed by atoms with E-state index in [0.29, 0.717) is 24.7 Å². The fraction of sp³-hybridized carbons (Fsp3) is 0.455. The lowest BCUT2D eigenvalue weighted by atomic mass is 10.2. The van der Waals surface area contributed by atoms with Gasteiger partial charge in [-0.05, 0) is 12.1 Å². The van der Waals surface area contributed by atoms with Gasteiger partial charge in [0, 0.05) is 25.2 Å². The van der Waals surface area contributed by atoms with Crippen molar-refractivity contribution in [3.05, 3.63) is 24.2 Å². The molecule has 0 saturated carbocycles. The van der Waals surface area contributed by atoms with Gasteiger partial charge in [0.1, 0.15) is 0 Å². The van der Waals surface area contributed by atoms with Crippen LogP contribution in [0.1, 0.15) is 5.89 Å². The van der Waals surface area contributed by atoms with Crippen LogP contribution in [-0.2, 0) is 16.3 Å². The van der Waals surface area contributed by atoms with Gasteiger partial charge in [-0.15, -0.1) is 0 Å². The van der Waals surface area contributed by atoms with Crippen molar-refractivity contribution in [2.24, 2.45) is 0 Å². The molecule has 0 aromatic carbocycles. The third-order valence-corrected chi connectivity index (χ3v) is 4.77. The monoisotopic (exact) mass is 282 g/mol. The van der Waals surface area contributed by atoms with Crippen LogP contribution >= 0.6 is 0 Å². The van der Waals surface area contributed by atoms with E-state index in [-0.39, 0.29) is 17.5 Å². The van der Waals surface area contributed by atoms with E-state index < -0.39 is 9.84 Å². The highest BCUT2D eigenvalue weighted by molar-refractivity contribution is 7.91. The molecule has 2 aromatic rings. The lowest BCUT2D eigenvalue weighted by Gasteiger charge is -2.21. The Morgan fingerprint density at radius 1 is 1.47 bits per heavy atom. The molecule has 0 radical (unpaired) electrons. The molecule has 0 spiro atoms. The van der Waals surface area contributed by atoms with Crippen LogP contribution in [0.2, 0.25) is 0 Å². The lowest BCUT2D eigenvalue weighted by Crippen LogP contribution is -2.46. The number of sulfone groups is 1. The van der Waals surface area contributed by atoms with Crippen LogP contribution in [-0.4, -0.2) is 47.6 Å². The SMILES string of the molecule is O=S1(=O)CCNC(Cc2nc(-c3ccc[nH]3)no2)C1. The average Bonchev–Trinajstić information content (AvgIpc) is 2.96. The minimum absolute atomic E-state index is 0.118. The van der Waals surface area contributed by atoms with Crippen molar-refractivity contribution in [1.29, 1.82) is 0 Å². The van der Waals surface area contributed by atoms with E-state index in [2.05, 4.69) is 20.4 Å². The molecule has 3 heterocycles. The molecule has 1 fully saturated rings. The van der Waals surface area contributed by atoms with Gasteiger partial charge in [-0.25, -0.2) is 8.42 Å². The Morgan fingerprint density at radius 3 is 3.11 bits per heavy atom. The quantitative estimate of drug-likeness (QED) is 0.821. The summed E-state index contributed by atoms with van der Waals surface area (Å²) >= 11 is 0. The highest BCUT2D eigenvalue weighted by atomic mass is 32.2. The molecule has 2 N–H and O–H groups in total. The van der Waals surface area contributed by atoms with Crippen LogP contribution in [0, 0.1) is 0 Å². The van der Waals surface area contributed by atoms with Crippen molar-refractivity contribution >= 4 is 9.84 Å². The standard InChI is InChI=1S/C11H14N4O3S/c16-19(17)5-4-12-8(7-19)6-10-14-11(15-18-10)9-2-1-3-13-9/h1-3,8,12-13H,4-7H2. The van der Waals surface area contributed by atoms with E-state index in [0.717, 1.165) is 5.69 Å². The van der Waals surface area contributed by atoms with Crippen LogP contribution in [0.5, 0.6) is 0 Å². The largest absolute Gasteiger partial charge is 0.359 e. The summed E-state index contributed by atoms with van der Waals surface area (Å²) < 4.78 is 28.2. The maximum Gasteiger partial charge on any atom is 0.228 e. The maximum absolute atomic E-state index is 11.5. The number of aromatic nitrogens is 3. The molecule has 7 nitrogen and oxygen atoms in total. The predicted octanol–water partition coefficient (Wildman–Crippen LogP) is -0.00620. The number of hydrogen-bond acceptors (Lipinski definition) is 6.